The van der Waals surface area contributed by atoms with Gasteiger partial charge in [0.15, 0.2) is 5.65 Å². The maximum atomic E-state index is 12.6. The summed E-state index contributed by atoms with van der Waals surface area (Å²) in [7, 11) is 2.07. The first-order chi connectivity index (χ1) is 19.5. The molecule has 206 valence electrons. The molecule has 12 heteroatoms. The SMILES string of the molecule is CCc1cnn(C2(CC#N)CN(c3cccn4nc(Nc5ccc(CC(=O)N6CCN(C)CC6)nc5)nc34)C2)c1. The molecule has 0 aliphatic carbocycles. The van der Waals surface area contributed by atoms with Crippen molar-refractivity contribution >= 4 is 28.9 Å². The van der Waals surface area contributed by atoms with E-state index in [-0.39, 0.29) is 11.4 Å². The van der Waals surface area contributed by atoms with Crippen molar-refractivity contribution in [1.29, 1.82) is 5.26 Å². The van der Waals surface area contributed by atoms with E-state index in [0.29, 0.717) is 31.9 Å². The fourth-order valence-corrected chi connectivity index (χ4v) is 5.37. The number of carbonyl (C=O) groups is 1. The van der Waals surface area contributed by atoms with Gasteiger partial charge in [0, 0.05) is 57.4 Å². The molecule has 0 radical (unpaired) electrons. The molecular formula is C28H33N11O. The third-order valence-electron chi connectivity index (χ3n) is 7.86. The minimum atomic E-state index is -0.352. The van der Waals surface area contributed by atoms with Gasteiger partial charge < -0.3 is 20.0 Å². The van der Waals surface area contributed by atoms with Gasteiger partial charge in [-0.05, 0) is 43.3 Å². The van der Waals surface area contributed by atoms with Gasteiger partial charge in [-0.15, -0.1) is 5.10 Å². The number of nitrogens with zero attached hydrogens (tertiary/aromatic N) is 10. The molecule has 2 saturated heterocycles. The number of nitriles is 1. The normalized spacial score (nSPS) is 17.0. The van der Waals surface area contributed by atoms with Crippen molar-refractivity contribution < 1.29 is 4.79 Å². The van der Waals surface area contributed by atoms with Gasteiger partial charge in [-0.2, -0.15) is 15.3 Å². The van der Waals surface area contributed by atoms with Crippen LogP contribution in [0.5, 0.6) is 0 Å². The fourth-order valence-electron chi connectivity index (χ4n) is 5.37. The maximum Gasteiger partial charge on any atom is 0.247 e. The largest absolute Gasteiger partial charge is 0.363 e. The molecule has 6 rings (SSSR count). The Labute approximate surface area is 232 Å². The number of pyridine rings is 2. The summed E-state index contributed by atoms with van der Waals surface area (Å²) in [6.07, 6.45) is 9.10. The summed E-state index contributed by atoms with van der Waals surface area (Å²) in [5, 5.41) is 21.9. The van der Waals surface area contributed by atoms with Gasteiger partial charge in [0.1, 0.15) is 5.54 Å². The first-order valence-electron chi connectivity index (χ1n) is 13.7. The van der Waals surface area contributed by atoms with Gasteiger partial charge in [-0.25, -0.2) is 4.52 Å². The number of aryl methyl sites for hydroxylation is 1. The molecule has 6 heterocycles. The molecule has 40 heavy (non-hydrogen) atoms. The average Bonchev–Trinajstić information content (AvgIpc) is 3.59. The minimum Gasteiger partial charge on any atom is -0.363 e. The van der Waals surface area contributed by atoms with Gasteiger partial charge in [0.25, 0.3) is 0 Å². The molecule has 4 aromatic heterocycles. The highest BCUT2D eigenvalue weighted by atomic mass is 16.2. The van der Waals surface area contributed by atoms with Crippen LogP contribution in [0.2, 0.25) is 0 Å². The lowest BCUT2D eigenvalue weighted by atomic mass is 9.86. The molecule has 0 atom stereocenters. The van der Waals surface area contributed by atoms with Crippen molar-refractivity contribution in [2.45, 2.75) is 31.7 Å². The van der Waals surface area contributed by atoms with Crippen molar-refractivity contribution in [2.75, 3.05) is 56.5 Å². The van der Waals surface area contributed by atoms with E-state index in [4.69, 9.17) is 4.98 Å². The van der Waals surface area contributed by atoms with Crippen molar-refractivity contribution in [3.8, 4) is 6.07 Å². The Morgan fingerprint density at radius 2 is 1.98 bits per heavy atom. The summed E-state index contributed by atoms with van der Waals surface area (Å²) in [5.74, 6) is 0.568. The number of carbonyl (C=O) groups excluding carboxylic acids is 1. The van der Waals surface area contributed by atoms with E-state index in [1.54, 1.807) is 10.7 Å². The molecule has 2 fully saturated rings. The van der Waals surface area contributed by atoms with E-state index in [2.05, 4.69) is 56.5 Å². The number of fused-ring (bicyclic) bond motifs is 1. The van der Waals surface area contributed by atoms with Crippen molar-refractivity contribution in [2.24, 2.45) is 0 Å². The van der Waals surface area contributed by atoms with Gasteiger partial charge in [-0.3, -0.25) is 14.5 Å². The molecule has 2 aliphatic heterocycles. The predicted molar refractivity (Wildman–Crippen MR) is 150 cm³/mol. The zero-order valence-electron chi connectivity index (χ0n) is 22.9. The molecular weight excluding hydrogens is 506 g/mol. The predicted octanol–water partition coefficient (Wildman–Crippen LogP) is 2.07. The van der Waals surface area contributed by atoms with Gasteiger partial charge >= 0.3 is 0 Å². The second kappa shape index (κ2) is 10.6. The summed E-state index contributed by atoms with van der Waals surface area (Å²) in [4.78, 5) is 28.2. The lowest BCUT2D eigenvalue weighted by Gasteiger charge is -2.50. The second-order valence-electron chi connectivity index (χ2n) is 10.7. The summed E-state index contributed by atoms with van der Waals surface area (Å²) in [6, 6.07) is 10.1. The number of amides is 1. The first kappa shape index (κ1) is 25.8. The zero-order chi connectivity index (χ0) is 27.7. The van der Waals surface area contributed by atoms with Crippen LogP contribution in [0.25, 0.3) is 5.65 Å². The third-order valence-corrected chi connectivity index (χ3v) is 7.86. The Balaban J connectivity index is 1.13. The highest BCUT2D eigenvalue weighted by Crippen LogP contribution is 2.37. The maximum absolute atomic E-state index is 12.6. The lowest BCUT2D eigenvalue weighted by molar-refractivity contribution is -0.132. The Morgan fingerprint density at radius 1 is 1.15 bits per heavy atom. The standard InChI is InChI=1S/C28H33N11O/c1-3-21-16-31-39(18-21)28(8-9-29)19-37(20-28)24-5-4-10-38-26(24)33-27(34-38)32-23-7-6-22(30-17-23)15-25(40)36-13-11-35(2)12-14-36/h4-7,10,16-18H,3,8,11-15,19-20H2,1-2H3,(H,32,34). The van der Waals surface area contributed by atoms with Crippen LogP contribution in [0.15, 0.2) is 49.1 Å². The highest BCUT2D eigenvalue weighted by Gasteiger charge is 2.46. The van der Waals surface area contributed by atoms with Crippen LogP contribution in [0.1, 0.15) is 24.6 Å². The molecule has 1 N–H and O–H groups in total. The van der Waals surface area contributed by atoms with Gasteiger partial charge in [-0.1, -0.05) is 6.92 Å². The number of likely N-dealkylation sites (N-methyl/N-ethyl adjacent to an activating group) is 1. The fraction of sp³-hybridized carbons (Fsp3) is 0.429. The van der Waals surface area contributed by atoms with E-state index >= 15 is 0 Å². The van der Waals surface area contributed by atoms with Gasteiger partial charge in [0.05, 0.1) is 42.7 Å². The molecule has 0 saturated carbocycles. The number of piperazine rings is 1. The number of rotatable bonds is 8. The average molecular weight is 540 g/mol. The van der Waals surface area contributed by atoms with E-state index in [1.807, 2.05) is 46.2 Å². The number of aromatic nitrogens is 6. The van der Waals surface area contributed by atoms with E-state index in [9.17, 15) is 10.1 Å². The summed E-state index contributed by atoms with van der Waals surface area (Å²) < 4.78 is 3.71. The van der Waals surface area contributed by atoms with Crippen LogP contribution in [0, 0.1) is 11.3 Å². The monoisotopic (exact) mass is 539 g/mol. The number of anilines is 3. The quantitative estimate of drug-likeness (QED) is 0.358. The van der Waals surface area contributed by atoms with Crippen LogP contribution >= 0.6 is 0 Å². The van der Waals surface area contributed by atoms with Crippen molar-refractivity contribution in [1.82, 2.24) is 39.2 Å². The zero-order valence-corrected chi connectivity index (χ0v) is 22.9. The molecule has 4 aromatic rings. The Bertz CT molecular complexity index is 1540. The number of nitrogens with one attached hydrogen (secondary N) is 1. The van der Waals surface area contributed by atoms with Crippen LogP contribution in [-0.4, -0.2) is 91.4 Å². The smallest absolute Gasteiger partial charge is 0.247 e. The number of hydrogen-bond donors (Lipinski definition) is 1. The second-order valence-corrected chi connectivity index (χ2v) is 10.7. The summed E-state index contributed by atoms with van der Waals surface area (Å²) >= 11 is 0. The molecule has 0 unspecified atom stereocenters. The van der Waals surface area contributed by atoms with Crippen LogP contribution in [-0.2, 0) is 23.2 Å². The van der Waals surface area contributed by atoms with Crippen LogP contribution in [0.3, 0.4) is 0 Å². The van der Waals surface area contributed by atoms with Crippen molar-refractivity contribution in [3.05, 3.63) is 60.3 Å². The van der Waals surface area contributed by atoms with Crippen LogP contribution < -0.4 is 10.2 Å². The summed E-state index contributed by atoms with van der Waals surface area (Å²) in [6.45, 7) is 6.76. The summed E-state index contributed by atoms with van der Waals surface area (Å²) in [5.41, 5.74) is 3.98. The molecule has 0 aromatic carbocycles. The molecule has 0 spiro atoms. The minimum absolute atomic E-state index is 0.110. The van der Waals surface area contributed by atoms with Gasteiger partial charge in [0.2, 0.25) is 11.9 Å². The Kier molecular flexibility index (Phi) is 6.81. The molecule has 2 aliphatic rings. The third kappa shape index (κ3) is 4.96. The highest BCUT2D eigenvalue weighted by molar-refractivity contribution is 5.78. The number of hydrogen-bond acceptors (Lipinski definition) is 9. The molecule has 1 amide bonds. The Morgan fingerprint density at radius 3 is 2.67 bits per heavy atom. The van der Waals surface area contributed by atoms with E-state index < -0.39 is 0 Å². The first-order valence-corrected chi connectivity index (χ1v) is 13.7. The topological polar surface area (TPSA) is 124 Å². The molecule has 0 bridgehead atoms. The van der Waals surface area contributed by atoms with E-state index in [1.165, 1.54) is 0 Å². The molecule has 12 nitrogen and oxygen atoms in total. The van der Waals surface area contributed by atoms with E-state index in [0.717, 1.165) is 60.9 Å². The Hall–Kier alpha value is -4.50. The van der Waals surface area contributed by atoms with Crippen LogP contribution in [0.4, 0.5) is 17.3 Å². The van der Waals surface area contributed by atoms with Crippen molar-refractivity contribution in [3.63, 3.8) is 0 Å². The lowest BCUT2D eigenvalue weighted by Crippen LogP contribution is -2.63.